The van der Waals surface area contributed by atoms with Crippen molar-refractivity contribution < 1.29 is 19.1 Å². The van der Waals surface area contributed by atoms with Gasteiger partial charge in [0.2, 0.25) is 0 Å². The van der Waals surface area contributed by atoms with Crippen molar-refractivity contribution in [2.45, 2.75) is 17.2 Å². The number of nitrogens with one attached hydrogen (secondary N) is 1. The number of esters is 1. The predicted molar refractivity (Wildman–Crippen MR) is 92.8 cm³/mol. The van der Waals surface area contributed by atoms with E-state index < -0.39 is 17.1 Å². The van der Waals surface area contributed by atoms with Gasteiger partial charge in [0.15, 0.2) is 0 Å². The maximum atomic E-state index is 12.7. The Hall–Kier alpha value is -2.65. The lowest BCUT2D eigenvalue weighted by Crippen LogP contribution is -2.31. The van der Waals surface area contributed by atoms with E-state index in [-0.39, 0.29) is 10.8 Å². The Morgan fingerprint density at radius 1 is 1.20 bits per heavy atom. The van der Waals surface area contributed by atoms with E-state index in [1.165, 1.54) is 30.8 Å². The maximum absolute atomic E-state index is 12.7. The van der Waals surface area contributed by atoms with Crippen molar-refractivity contribution in [1.82, 2.24) is 4.98 Å². The van der Waals surface area contributed by atoms with Crippen LogP contribution in [0.1, 0.15) is 11.8 Å². The second kappa shape index (κ2) is 5.71. The number of thiazole rings is 1. The van der Waals surface area contributed by atoms with E-state index >= 15 is 0 Å². The fourth-order valence-corrected chi connectivity index (χ4v) is 4.77. The Labute approximate surface area is 149 Å². The first-order chi connectivity index (χ1) is 11.9. The number of rotatable bonds is 2. The molecule has 2 aliphatic rings. The third-order valence-corrected chi connectivity index (χ3v) is 5.91. The highest BCUT2D eigenvalue weighted by atomic mass is 32.2. The summed E-state index contributed by atoms with van der Waals surface area (Å²) >= 11 is 2.18. The molecule has 3 heterocycles. The van der Waals surface area contributed by atoms with E-state index in [4.69, 9.17) is 4.74 Å². The Morgan fingerprint density at radius 2 is 1.92 bits per heavy atom. The summed E-state index contributed by atoms with van der Waals surface area (Å²) < 4.78 is 4.95. The average Bonchev–Trinajstić information content (AvgIpc) is 3.03. The molecule has 1 atom stereocenters. The minimum Gasteiger partial charge on any atom is -0.427 e. The molecular weight excluding hydrogens is 364 g/mol. The fraction of sp³-hybridized carbons (Fsp3) is 0.125. The molecule has 0 radical (unpaired) electrons. The van der Waals surface area contributed by atoms with Crippen molar-refractivity contribution in [3.05, 3.63) is 44.4 Å². The molecule has 0 aliphatic carbocycles. The van der Waals surface area contributed by atoms with Gasteiger partial charge in [0, 0.05) is 12.5 Å². The van der Waals surface area contributed by atoms with Crippen LogP contribution in [0, 0.1) is 0 Å². The number of H-pyrrole nitrogens is 1. The highest BCUT2D eigenvalue weighted by molar-refractivity contribution is 8.01. The van der Waals surface area contributed by atoms with Crippen LogP contribution in [-0.2, 0) is 14.4 Å². The molecule has 2 aromatic rings. The van der Waals surface area contributed by atoms with Crippen LogP contribution in [-0.4, -0.2) is 28.0 Å². The number of thioether (sulfide) groups is 1. The Morgan fingerprint density at radius 3 is 2.60 bits per heavy atom. The zero-order valence-corrected chi connectivity index (χ0v) is 14.4. The number of benzene rings is 1. The Balaban J connectivity index is 1.67. The minimum atomic E-state index is -0.668. The Bertz CT molecular complexity index is 1000. The van der Waals surface area contributed by atoms with Crippen LogP contribution in [0.25, 0.3) is 6.08 Å². The molecule has 1 aromatic heterocycles. The number of carbonyl (C=O) groups excluding carboxylic acids is 3. The molecule has 0 spiro atoms. The summed E-state index contributed by atoms with van der Waals surface area (Å²) in [7, 11) is 0. The van der Waals surface area contributed by atoms with Gasteiger partial charge < -0.3 is 9.72 Å². The number of hydrogen-bond donors (Lipinski definition) is 1. The average molecular weight is 374 g/mol. The number of anilines is 1. The minimum absolute atomic E-state index is 0.216. The third kappa shape index (κ3) is 2.61. The standard InChI is InChI=1S/C16H10N2O5S2/c1-7(19)23-9-4-2-8(3-5-9)18-14(20)10-6-11-13(17-16(22)24-11)25-12(10)15(18)21/h2-6,12H,1H3,(H,17,22)/t12-/m0/s1. The maximum Gasteiger partial charge on any atom is 0.308 e. The molecule has 0 saturated carbocycles. The van der Waals surface area contributed by atoms with Crippen LogP contribution in [0.4, 0.5) is 5.69 Å². The van der Waals surface area contributed by atoms with Gasteiger partial charge >= 0.3 is 10.8 Å². The number of carbonyl (C=O) groups is 3. The molecule has 1 fully saturated rings. The first-order valence-corrected chi connectivity index (χ1v) is 8.92. The van der Waals surface area contributed by atoms with Gasteiger partial charge in [0.25, 0.3) is 11.8 Å². The van der Waals surface area contributed by atoms with Crippen molar-refractivity contribution >= 4 is 52.6 Å². The fourth-order valence-electron chi connectivity index (χ4n) is 2.68. The second-order valence-electron chi connectivity index (χ2n) is 5.37. The smallest absolute Gasteiger partial charge is 0.308 e. The summed E-state index contributed by atoms with van der Waals surface area (Å²) in [4.78, 5) is 52.0. The van der Waals surface area contributed by atoms with E-state index in [0.717, 1.165) is 16.2 Å². The lowest BCUT2D eigenvalue weighted by molar-refractivity contribution is -0.132. The van der Waals surface area contributed by atoms with Gasteiger partial charge in [0.05, 0.1) is 15.6 Å². The Kier molecular flexibility index (Phi) is 3.62. The number of imide groups is 1. The topological polar surface area (TPSA) is 96.5 Å². The summed E-state index contributed by atoms with van der Waals surface area (Å²) in [5, 5.41) is -0.0599. The molecule has 126 valence electrons. The number of hydrogen-bond acceptors (Lipinski definition) is 7. The molecule has 0 unspecified atom stereocenters. The van der Waals surface area contributed by atoms with Crippen molar-refractivity contribution in [3.63, 3.8) is 0 Å². The van der Waals surface area contributed by atoms with Crippen LogP contribution in [0.5, 0.6) is 5.75 Å². The van der Waals surface area contributed by atoms with E-state index in [1.54, 1.807) is 18.2 Å². The number of amides is 2. The number of fused-ring (bicyclic) bond motifs is 2. The first kappa shape index (κ1) is 15.9. The lowest BCUT2D eigenvalue weighted by atomic mass is 10.2. The van der Waals surface area contributed by atoms with Gasteiger partial charge in [-0.25, -0.2) is 4.90 Å². The monoisotopic (exact) mass is 374 g/mol. The van der Waals surface area contributed by atoms with Crippen molar-refractivity contribution in [3.8, 4) is 5.75 Å². The molecule has 4 rings (SSSR count). The summed E-state index contributed by atoms with van der Waals surface area (Å²) in [6.07, 6.45) is 1.60. The second-order valence-corrected chi connectivity index (χ2v) is 7.50. The van der Waals surface area contributed by atoms with E-state index in [2.05, 4.69) is 4.98 Å². The van der Waals surface area contributed by atoms with Crippen LogP contribution < -0.4 is 14.5 Å². The van der Waals surface area contributed by atoms with E-state index in [1.807, 2.05) is 0 Å². The van der Waals surface area contributed by atoms with E-state index in [0.29, 0.717) is 26.9 Å². The molecule has 0 bridgehead atoms. The van der Waals surface area contributed by atoms with Crippen molar-refractivity contribution in [1.29, 1.82) is 0 Å². The third-order valence-electron chi connectivity index (χ3n) is 3.70. The van der Waals surface area contributed by atoms with Gasteiger partial charge in [-0.1, -0.05) is 23.1 Å². The molecule has 9 heteroatoms. The van der Waals surface area contributed by atoms with E-state index in [9.17, 15) is 19.2 Å². The van der Waals surface area contributed by atoms with Gasteiger partial charge in [-0.05, 0) is 30.3 Å². The van der Waals surface area contributed by atoms with Crippen LogP contribution in [0.3, 0.4) is 0 Å². The van der Waals surface area contributed by atoms with Crippen LogP contribution >= 0.6 is 23.1 Å². The number of aromatic nitrogens is 1. The number of ether oxygens (including phenoxy) is 1. The molecule has 7 nitrogen and oxygen atoms in total. The SMILES string of the molecule is CC(=O)Oc1ccc(N2C(=O)C3=Cc4sc(=O)[nH]c4S[C@@H]3C2=O)cc1. The van der Waals surface area contributed by atoms with Gasteiger partial charge in [-0.2, -0.15) is 0 Å². The normalized spacial score (nSPS) is 18.7. The van der Waals surface area contributed by atoms with Crippen LogP contribution in [0.2, 0.25) is 0 Å². The molecular formula is C16H10N2O5S2. The zero-order chi connectivity index (χ0) is 17.7. The van der Waals surface area contributed by atoms with Gasteiger partial charge in [0.1, 0.15) is 11.0 Å². The summed E-state index contributed by atoms with van der Waals surface area (Å²) in [5.74, 6) is -0.886. The lowest BCUT2D eigenvalue weighted by Gasteiger charge is -2.14. The highest BCUT2D eigenvalue weighted by Gasteiger charge is 2.47. The zero-order valence-electron chi connectivity index (χ0n) is 12.8. The molecule has 2 amide bonds. The first-order valence-electron chi connectivity index (χ1n) is 7.22. The molecule has 1 N–H and O–H groups in total. The molecule has 1 saturated heterocycles. The van der Waals surface area contributed by atoms with Gasteiger partial charge in [-0.3, -0.25) is 19.2 Å². The van der Waals surface area contributed by atoms with Crippen LogP contribution in [0.15, 0.2) is 39.7 Å². The highest BCUT2D eigenvalue weighted by Crippen LogP contribution is 2.43. The summed E-state index contributed by atoms with van der Waals surface area (Å²) in [6, 6.07) is 6.15. The largest absolute Gasteiger partial charge is 0.427 e. The summed E-state index contributed by atoms with van der Waals surface area (Å²) in [6.45, 7) is 1.29. The molecule has 2 aliphatic heterocycles. The number of nitrogens with zero attached hydrogens (tertiary/aromatic N) is 1. The number of aromatic amines is 1. The van der Waals surface area contributed by atoms with Gasteiger partial charge in [-0.15, -0.1) is 0 Å². The molecule has 25 heavy (non-hydrogen) atoms. The predicted octanol–water partition coefficient (Wildman–Crippen LogP) is 1.79. The van der Waals surface area contributed by atoms with Crippen molar-refractivity contribution in [2.75, 3.05) is 4.90 Å². The molecule has 1 aromatic carbocycles. The van der Waals surface area contributed by atoms with Crippen molar-refractivity contribution in [2.24, 2.45) is 0 Å². The quantitative estimate of drug-likeness (QED) is 0.489. The summed E-state index contributed by atoms with van der Waals surface area (Å²) in [5.41, 5.74) is 0.764.